The predicted molar refractivity (Wildman–Crippen MR) is 77.0 cm³/mol. The Kier molecular flexibility index (Phi) is 2.94. The van der Waals surface area contributed by atoms with Crippen LogP contribution >= 0.6 is 11.3 Å². The molecule has 0 saturated carbocycles. The molecule has 4 heteroatoms. The van der Waals surface area contributed by atoms with E-state index in [0.29, 0.717) is 0 Å². The lowest BCUT2D eigenvalue weighted by Crippen LogP contribution is -2.00. The molecule has 1 N–H and O–H groups in total. The highest BCUT2D eigenvalue weighted by molar-refractivity contribution is 7.17. The number of rotatable bonds is 3. The fourth-order valence-corrected chi connectivity index (χ4v) is 2.88. The number of thiophene rings is 1. The first-order valence-electron chi connectivity index (χ1n) is 5.92. The molecule has 0 aliphatic rings. The number of nitrogens with zero attached hydrogens (tertiary/aromatic N) is 2. The molecule has 0 amide bonds. The molecule has 3 aromatic rings. The van der Waals surface area contributed by atoms with Gasteiger partial charge in [0.25, 0.3) is 0 Å². The van der Waals surface area contributed by atoms with Crippen LogP contribution in [0.2, 0.25) is 0 Å². The largest absolute Gasteiger partial charge is 0.369 e. The highest BCUT2D eigenvalue weighted by Crippen LogP contribution is 2.32. The lowest BCUT2D eigenvalue weighted by molar-refractivity contribution is 1.02. The van der Waals surface area contributed by atoms with Gasteiger partial charge in [-0.2, -0.15) is 0 Å². The van der Waals surface area contributed by atoms with Gasteiger partial charge in [0.15, 0.2) is 0 Å². The summed E-state index contributed by atoms with van der Waals surface area (Å²) in [5.74, 6) is 0.820. The topological polar surface area (TPSA) is 37.8 Å². The maximum absolute atomic E-state index is 4.28. The normalized spacial score (nSPS) is 10.7. The standard InChI is InChI=1S/C14H13N3S/c1-2-15-14-8-7-12(16-17-14)11-9-18-13-6-4-3-5-10(11)13/h3-9H,2H2,1H3,(H,15,17). The molecule has 1 aromatic carbocycles. The minimum atomic E-state index is 0.820. The minimum absolute atomic E-state index is 0.820. The van der Waals surface area contributed by atoms with Gasteiger partial charge in [0, 0.05) is 27.6 Å². The Morgan fingerprint density at radius 3 is 2.78 bits per heavy atom. The summed E-state index contributed by atoms with van der Waals surface area (Å²) in [7, 11) is 0. The number of aromatic nitrogens is 2. The monoisotopic (exact) mass is 255 g/mol. The van der Waals surface area contributed by atoms with Crippen LogP contribution in [0.15, 0.2) is 41.8 Å². The van der Waals surface area contributed by atoms with Crippen molar-refractivity contribution < 1.29 is 0 Å². The Labute approximate surface area is 109 Å². The van der Waals surface area contributed by atoms with E-state index in [9.17, 15) is 0 Å². The van der Waals surface area contributed by atoms with Crippen molar-refractivity contribution in [2.75, 3.05) is 11.9 Å². The van der Waals surface area contributed by atoms with E-state index in [1.165, 1.54) is 10.1 Å². The third-order valence-electron chi connectivity index (χ3n) is 2.78. The molecular formula is C14H13N3S. The van der Waals surface area contributed by atoms with E-state index in [2.05, 4.69) is 45.2 Å². The van der Waals surface area contributed by atoms with Crippen LogP contribution in [0, 0.1) is 0 Å². The molecule has 18 heavy (non-hydrogen) atoms. The molecule has 0 aliphatic heterocycles. The van der Waals surface area contributed by atoms with Gasteiger partial charge in [-0.25, -0.2) is 0 Å². The predicted octanol–water partition coefficient (Wildman–Crippen LogP) is 3.79. The van der Waals surface area contributed by atoms with Crippen molar-refractivity contribution in [2.24, 2.45) is 0 Å². The van der Waals surface area contributed by atoms with Gasteiger partial charge in [0.1, 0.15) is 5.82 Å². The molecule has 3 nitrogen and oxygen atoms in total. The van der Waals surface area contributed by atoms with E-state index >= 15 is 0 Å². The first-order chi connectivity index (χ1) is 8.88. The van der Waals surface area contributed by atoms with Crippen LogP contribution in [0.3, 0.4) is 0 Å². The van der Waals surface area contributed by atoms with Crippen LogP contribution in [-0.2, 0) is 0 Å². The SMILES string of the molecule is CCNc1ccc(-c2csc3ccccc23)nn1. The second kappa shape index (κ2) is 4.74. The Morgan fingerprint density at radius 2 is 2.00 bits per heavy atom. The number of benzene rings is 1. The molecule has 0 bridgehead atoms. The summed E-state index contributed by atoms with van der Waals surface area (Å²) >= 11 is 1.74. The Bertz CT molecular complexity index is 658. The van der Waals surface area contributed by atoms with Crippen LogP contribution in [0.4, 0.5) is 5.82 Å². The van der Waals surface area contributed by atoms with Gasteiger partial charge < -0.3 is 5.32 Å². The fraction of sp³-hybridized carbons (Fsp3) is 0.143. The molecule has 0 radical (unpaired) electrons. The van der Waals surface area contributed by atoms with Gasteiger partial charge in [-0.15, -0.1) is 21.5 Å². The molecule has 0 aliphatic carbocycles. The van der Waals surface area contributed by atoms with Gasteiger partial charge in [-0.05, 0) is 25.1 Å². The van der Waals surface area contributed by atoms with Crippen molar-refractivity contribution in [1.82, 2.24) is 10.2 Å². The van der Waals surface area contributed by atoms with Crippen LogP contribution in [0.1, 0.15) is 6.92 Å². The zero-order valence-electron chi connectivity index (χ0n) is 10.1. The van der Waals surface area contributed by atoms with Gasteiger partial charge >= 0.3 is 0 Å². The van der Waals surface area contributed by atoms with Crippen molar-refractivity contribution in [2.45, 2.75) is 6.92 Å². The van der Waals surface area contributed by atoms with E-state index in [0.717, 1.165) is 23.6 Å². The Morgan fingerprint density at radius 1 is 1.11 bits per heavy atom. The third-order valence-corrected chi connectivity index (χ3v) is 3.74. The van der Waals surface area contributed by atoms with Crippen LogP contribution in [0.25, 0.3) is 21.3 Å². The zero-order chi connectivity index (χ0) is 12.4. The Balaban J connectivity index is 2.03. The van der Waals surface area contributed by atoms with Crippen molar-refractivity contribution >= 4 is 27.2 Å². The summed E-state index contributed by atoms with van der Waals surface area (Å²) in [6.45, 7) is 2.90. The molecular weight excluding hydrogens is 242 g/mol. The van der Waals surface area contributed by atoms with Crippen molar-refractivity contribution in [3.05, 3.63) is 41.8 Å². The number of nitrogens with one attached hydrogen (secondary N) is 1. The number of anilines is 1. The van der Waals surface area contributed by atoms with Gasteiger partial charge in [-0.1, -0.05) is 18.2 Å². The first-order valence-corrected chi connectivity index (χ1v) is 6.80. The van der Waals surface area contributed by atoms with Gasteiger partial charge in [0.2, 0.25) is 0 Å². The molecule has 90 valence electrons. The average Bonchev–Trinajstić information content (AvgIpc) is 2.84. The quantitative estimate of drug-likeness (QED) is 0.773. The molecule has 0 saturated heterocycles. The Hall–Kier alpha value is -1.94. The first kappa shape index (κ1) is 11.2. The number of fused-ring (bicyclic) bond motifs is 1. The molecule has 0 fully saturated rings. The second-order valence-corrected chi connectivity index (χ2v) is 4.89. The minimum Gasteiger partial charge on any atom is -0.369 e. The summed E-state index contributed by atoms with van der Waals surface area (Å²) < 4.78 is 1.28. The molecule has 3 rings (SSSR count). The second-order valence-electron chi connectivity index (χ2n) is 3.98. The summed E-state index contributed by atoms with van der Waals surface area (Å²) in [5.41, 5.74) is 2.08. The van der Waals surface area contributed by atoms with Gasteiger partial charge in [0.05, 0.1) is 5.69 Å². The lowest BCUT2D eigenvalue weighted by Gasteiger charge is -2.02. The molecule has 0 atom stereocenters. The van der Waals surface area contributed by atoms with E-state index in [1.807, 2.05) is 19.1 Å². The third kappa shape index (κ3) is 1.95. The average molecular weight is 255 g/mol. The van der Waals surface area contributed by atoms with E-state index < -0.39 is 0 Å². The summed E-state index contributed by atoms with van der Waals surface area (Å²) in [6.07, 6.45) is 0. The number of hydrogen-bond acceptors (Lipinski definition) is 4. The van der Waals surface area contributed by atoms with Crippen LogP contribution < -0.4 is 5.32 Å². The summed E-state index contributed by atoms with van der Waals surface area (Å²) in [5, 5.41) is 15.0. The van der Waals surface area contributed by atoms with Crippen molar-refractivity contribution in [3.63, 3.8) is 0 Å². The van der Waals surface area contributed by atoms with E-state index in [-0.39, 0.29) is 0 Å². The highest BCUT2D eigenvalue weighted by atomic mass is 32.1. The maximum Gasteiger partial charge on any atom is 0.148 e. The van der Waals surface area contributed by atoms with Crippen molar-refractivity contribution in [1.29, 1.82) is 0 Å². The molecule has 0 spiro atoms. The van der Waals surface area contributed by atoms with Crippen LogP contribution in [-0.4, -0.2) is 16.7 Å². The fourth-order valence-electron chi connectivity index (χ4n) is 1.93. The smallest absolute Gasteiger partial charge is 0.148 e. The molecule has 0 unspecified atom stereocenters. The summed E-state index contributed by atoms with van der Waals surface area (Å²) in [6, 6.07) is 12.4. The number of hydrogen-bond donors (Lipinski definition) is 1. The zero-order valence-corrected chi connectivity index (χ0v) is 10.9. The van der Waals surface area contributed by atoms with Gasteiger partial charge in [-0.3, -0.25) is 0 Å². The van der Waals surface area contributed by atoms with Crippen molar-refractivity contribution in [3.8, 4) is 11.3 Å². The lowest BCUT2D eigenvalue weighted by atomic mass is 10.1. The van der Waals surface area contributed by atoms with Crippen LogP contribution in [0.5, 0.6) is 0 Å². The van der Waals surface area contributed by atoms with E-state index in [4.69, 9.17) is 0 Å². The summed E-state index contributed by atoms with van der Waals surface area (Å²) in [4.78, 5) is 0. The maximum atomic E-state index is 4.28. The highest BCUT2D eigenvalue weighted by Gasteiger charge is 2.07. The molecule has 2 aromatic heterocycles. The molecule has 2 heterocycles. The van der Waals surface area contributed by atoms with E-state index in [1.54, 1.807) is 11.3 Å².